The van der Waals surface area contributed by atoms with Crippen LogP contribution in [0.25, 0.3) is 0 Å². The van der Waals surface area contributed by atoms with Gasteiger partial charge in [0.25, 0.3) is 0 Å². The summed E-state index contributed by atoms with van der Waals surface area (Å²) < 4.78 is 0. The highest BCUT2D eigenvalue weighted by atomic mass is 35.5. The standard InChI is InChI=1S/C13H24N2O.ClH/c1-2-4-10-9-12(10)15-13(16)7-6-11-5-3-8-14-11;/h10-12,14H,2-9H2,1H3,(H,15,16);1H. The Morgan fingerprint density at radius 2 is 2.24 bits per heavy atom. The van der Waals surface area contributed by atoms with Gasteiger partial charge in [0.15, 0.2) is 0 Å². The second-order valence-corrected chi connectivity index (χ2v) is 5.29. The molecule has 2 rings (SSSR count). The molecule has 2 fully saturated rings. The summed E-state index contributed by atoms with van der Waals surface area (Å²) in [6.07, 6.45) is 7.95. The summed E-state index contributed by atoms with van der Waals surface area (Å²) in [6, 6.07) is 1.10. The molecule has 0 spiro atoms. The van der Waals surface area contributed by atoms with Crippen molar-refractivity contribution in [2.75, 3.05) is 6.54 Å². The zero-order chi connectivity index (χ0) is 11.4. The monoisotopic (exact) mass is 260 g/mol. The van der Waals surface area contributed by atoms with Crippen LogP contribution in [0, 0.1) is 5.92 Å². The van der Waals surface area contributed by atoms with Crippen LogP contribution < -0.4 is 10.6 Å². The van der Waals surface area contributed by atoms with E-state index in [1.54, 1.807) is 0 Å². The zero-order valence-corrected chi connectivity index (χ0v) is 11.5. The van der Waals surface area contributed by atoms with Crippen molar-refractivity contribution >= 4 is 18.3 Å². The first-order chi connectivity index (χ1) is 7.79. The predicted molar refractivity (Wildman–Crippen MR) is 72.5 cm³/mol. The van der Waals surface area contributed by atoms with E-state index in [1.165, 1.54) is 32.1 Å². The van der Waals surface area contributed by atoms with Crippen LogP contribution in [0.4, 0.5) is 0 Å². The summed E-state index contributed by atoms with van der Waals surface area (Å²) in [5.74, 6) is 1.04. The van der Waals surface area contributed by atoms with Crippen LogP contribution >= 0.6 is 12.4 Å². The lowest BCUT2D eigenvalue weighted by Gasteiger charge is -2.09. The molecule has 0 bridgehead atoms. The van der Waals surface area contributed by atoms with Crippen molar-refractivity contribution in [2.45, 2.75) is 64.0 Å². The molecule has 100 valence electrons. The lowest BCUT2D eigenvalue weighted by Crippen LogP contribution is -2.29. The fourth-order valence-corrected chi connectivity index (χ4v) is 2.70. The molecule has 3 nitrogen and oxygen atoms in total. The second kappa shape index (κ2) is 7.22. The van der Waals surface area contributed by atoms with Crippen molar-refractivity contribution in [1.29, 1.82) is 0 Å². The van der Waals surface area contributed by atoms with E-state index < -0.39 is 0 Å². The topological polar surface area (TPSA) is 41.1 Å². The first-order valence-electron chi connectivity index (χ1n) is 6.82. The van der Waals surface area contributed by atoms with Crippen LogP contribution in [-0.2, 0) is 4.79 Å². The third-order valence-corrected chi connectivity index (χ3v) is 3.81. The molecule has 2 N–H and O–H groups in total. The van der Waals surface area contributed by atoms with Gasteiger partial charge in [-0.15, -0.1) is 12.4 Å². The summed E-state index contributed by atoms with van der Waals surface area (Å²) in [7, 11) is 0. The van der Waals surface area contributed by atoms with Gasteiger partial charge in [-0.3, -0.25) is 4.79 Å². The minimum Gasteiger partial charge on any atom is -0.353 e. The number of rotatable bonds is 6. The minimum atomic E-state index is 0. The summed E-state index contributed by atoms with van der Waals surface area (Å²) in [5.41, 5.74) is 0. The molecule has 1 aliphatic carbocycles. The van der Waals surface area contributed by atoms with Gasteiger partial charge in [0.2, 0.25) is 5.91 Å². The van der Waals surface area contributed by atoms with Gasteiger partial charge in [0, 0.05) is 18.5 Å². The average molecular weight is 261 g/mol. The Hall–Kier alpha value is -0.280. The van der Waals surface area contributed by atoms with Crippen molar-refractivity contribution in [2.24, 2.45) is 5.92 Å². The van der Waals surface area contributed by atoms with E-state index >= 15 is 0 Å². The molecule has 1 saturated heterocycles. The van der Waals surface area contributed by atoms with Crippen molar-refractivity contribution in [3.63, 3.8) is 0 Å². The second-order valence-electron chi connectivity index (χ2n) is 5.29. The molecule has 0 radical (unpaired) electrons. The fraction of sp³-hybridized carbons (Fsp3) is 0.923. The van der Waals surface area contributed by atoms with E-state index in [9.17, 15) is 4.79 Å². The van der Waals surface area contributed by atoms with Crippen LogP contribution in [0.15, 0.2) is 0 Å². The summed E-state index contributed by atoms with van der Waals surface area (Å²) in [5, 5.41) is 6.58. The molecule has 0 aromatic carbocycles. The molecule has 1 saturated carbocycles. The van der Waals surface area contributed by atoms with E-state index in [0.717, 1.165) is 18.9 Å². The number of halogens is 1. The smallest absolute Gasteiger partial charge is 0.220 e. The van der Waals surface area contributed by atoms with Crippen molar-refractivity contribution in [1.82, 2.24) is 10.6 Å². The number of amides is 1. The van der Waals surface area contributed by atoms with Crippen molar-refractivity contribution in [3.05, 3.63) is 0 Å². The maximum atomic E-state index is 11.7. The summed E-state index contributed by atoms with van der Waals surface area (Å²) >= 11 is 0. The molecule has 3 unspecified atom stereocenters. The average Bonchev–Trinajstić information content (AvgIpc) is 2.82. The highest BCUT2D eigenvalue weighted by Crippen LogP contribution is 2.34. The van der Waals surface area contributed by atoms with Gasteiger partial charge < -0.3 is 10.6 Å². The van der Waals surface area contributed by atoms with E-state index in [4.69, 9.17) is 0 Å². The molecule has 1 heterocycles. The highest BCUT2D eigenvalue weighted by molar-refractivity contribution is 5.85. The van der Waals surface area contributed by atoms with Gasteiger partial charge in [-0.25, -0.2) is 0 Å². The Kier molecular flexibility index (Phi) is 6.28. The third kappa shape index (κ3) is 4.84. The SMILES string of the molecule is CCCC1CC1NC(=O)CCC1CCCN1.Cl. The Morgan fingerprint density at radius 1 is 1.41 bits per heavy atom. The van der Waals surface area contributed by atoms with Crippen LogP contribution in [0.5, 0.6) is 0 Å². The molecule has 1 aliphatic heterocycles. The predicted octanol–water partition coefficient (Wildman–Crippen LogP) is 2.25. The van der Waals surface area contributed by atoms with Crippen molar-refractivity contribution < 1.29 is 4.79 Å². The molecule has 2 aliphatic rings. The van der Waals surface area contributed by atoms with E-state index in [1.807, 2.05) is 0 Å². The van der Waals surface area contributed by atoms with E-state index in [-0.39, 0.29) is 18.3 Å². The summed E-state index contributed by atoms with van der Waals surface area (Å²) in [6.45, 7) is 3.34. The lowest BCUT2D eigenvalue weighted by molar-refractivity contribution is -0.121. The quantitative estimate of drug-likeness (QED) is 0.769. The molecule has 17 heavy (non-hydrogen) atoms. The normalized spacial score (nSPS) is 30.8. The first-order valence-corrected chi connectivity index (χ1v) is 6.82. The first kappa shape index (κ1) is 14.8. The molecule has 1 amide bonds. The van der Waals surface area contributed by atoms with Crippen molar-refractivity contribution in [3.8, 4) is 0 Å². The summed E-state index contributed by atoms with van der Waals surface area (Å²) in [4.78, 5) is 11.7. The number of carbonyl (C=O) groups is 1. The van der Waals surface area contributed by atoms with Crippen LogP contribution in [-0.4, -0.2) is 24.5 Å². The van der Waals surface area contributed by atoms with Gasteiger partial charge in [-0.1, -0.05) is 13.3 Å². The Bertz CT molecular complexity index is 242. The van der Waals surface area contributed by atoms with Gasteiger partial charge in [-0.2, -0.15) is 0 Å². The van der Waals surface area contributed by atoms with Gasteiger partial charge in [0.05, 0.1) is 0 Å². The molecular formula is C13H25ClN2O. The largest absolute Gasteiger partial charge is 0.353 e. The number of nitrogens with one attached hydrogen (secondary N) is 2. The number of hydrogen-bond acceptors (Lipinski definition) is 2. The van der Waals surface area contributed by atoms with Gasteiger partial charge >= 0.3 is 0 Å². The van der Waals surface area contributed by atoms with Crippen LogP contribution in [0.2, 0.25) is 0 Å². The maximum Gasteiger partial charge on any atom is 0.220 e. The molecular weight excluding hydrogens is 236 g/mol. The molecule has 0 aromatic heterocycles. The Morgan fingerprint density at radius 3 is 2.88 bits per heavy atom. The highest BCUT2D eigenvalue weighted by Gasteiger charge is 2.36. The van der Waals surface area contributed by atoms with Gasteiger partial charge in [-0.05, 0) is 44.6 Å². The van der Waals surface area contributed by atoms with Crippen LogP contribution in [0.3, 0.4) is 0 Å². The molecule has 3 atom stereocenters. The zero-order valence-electron chi connectivity index (χ0n) is 10.7. The minimum absolute atomic E-state index is 0. The van der Waals surface area contributed by atoms with E-state index in [0.29, 0.717) is 18.5 Å². The molecule has 0 aromatic rings. The number of hydrogen-bond donors (Lipinski definition) is 2. The van der Waals surface area contributed by atoms with Gasteiger partial charge in [0.1, 0.15) is 0 Å². The van der Waals surface area contributed by atoms with E-state index in [2.05, 4.69) is 17.6 Å². The number of carbonyl (C=O) groups excluding carboxylic acids is 1. The Balaban J connectivity index is 0.00000144. The third-order valence-electron chi connectivity index (χ3n) is 3.81. The fourth-order valence-electron chi connectivity index (χ4n) is 2.70. The van der Waals surface area contributed by atoms with Crippen LogP contribution in [0.1, 0.15) is 51.9 Å². The Labute approximate surface area is 111 Å². The maximum absolute atomic E-state index is 11.7. The molecule has 4 heteroatoms. The lowest BCUT2D eigenvalue weighted by atomic mass is 10.1.